The minimum Gasteiger partial charge on any atom is -0.356 e. The first kappa shape index (κ1) is 19.8. The number of piperidine rings is 1. The summed E-state index contributed by atoms with van der Waals surface area (Å²) in [4.78, 5) is 38.5. The zero-order valence-electron chi connectivity index (χ0n) is 17.0. The van der Waals surface area contributed by atoms with E-state index in [-0.39, 0.29) is 17.4 Å². The molecule has 0 saturated carbocycles. The Bertz CT molecular complexity index is 1060. The molecule has 1 fully saturated rings. The number of rotatable bonds is 5. The number of aryl methyl sites for hydroxylation is 1. The summed E-state index contributed by atoms with van der Waals surface area (Å²) >= 11 is 0. The molecule has 154 valence electrons. The Balaban J connectivity index is 1.46. The molecule has 3 heterocycles. The fourth-order valence-electron chi connectivity index (χ4n) is 3.70. The first-order chi connectivity index (χ1) is 14.6. The minimum atomic E-state index is -0.163. The van der Waals surface area contributed by atoms with Crippen molar-refractivity contribution < 1.29 is 4.79 Å². The van der Waals surface area contributed by atoms with E-state index >= 15 is 0 Å². The Hall–Kier alpha value is -3.48. The van der Waals surface area contributed by atoms with Gasteiger partial charge < -0.3 is 15.2 Å². The van der Waals surface area contributed by atoms with Crippen LogP contribution in [0.1, 0.15) is 25.5 Å². The fourth-order valence-corrected chi connectivity index (χ4v) is 3.70. The summed E-state index contributed by atoms with van der Waals surface area (Å²) in [7, 11) is 0. The van der Waals surface area contributed by atoms with Gasteiger partial charge in [0.05, 0.1) is 5.92 Å². The Labute approximate surface area is 175 Å². The van der Waals surface area contributed by atoms with Gasteiger partial charge in [-0.2, -0.15) is 0 Å². The number of amides is 1. The molecular weight excluding hydrogens is 378 g/mol. The molecule has 0 radical (unpaired) electrons. The zero-order valence-corrected chi connectivity index (χ0v) is 17.0. The molecule has 2 aromatic heterocycles. The Morgan fingerprint density at radius 3 is 2.80 bits per heavy atom. The van der Waals surface area contributed by atoms with Gasteiger partial charge >= 0.3 is 0 Å². The molecule has 1 aliphatic rings. The number of hydrogen-bond acceptors (Lipinski definition) is 5. The molecule has 1 saturated heterocycles. The second-order valence-electron chi connectivity index (χ2n) is 7.48. The van der Waals surface area contributed by atoms with Gasteiger partial charge in [0.1, 0.15) is 11.6 Å². The lowest BCUT2D eigenvalue weighted by molar-refractivity contribution is -0.120. The number of benzene rings is 1. The van der Waals surface area contributed by atoms with E-state index in [9.17, 15) is 9.59 Å². The number of hydrogen-bond donors (Lipinski definition) is 2. The average Bonchev–Trinajstić information content (AvgIpc) is 2.79. The number of anilines is 2. The van der Waals surface area contributed by atoms with Crippen molar-refractivity contribution in [1.29, 1.82) is 0 Å². The van der Waals surface area contributed by atoms with E-state index in [1.165, 1.54) is 6.07 Å². The van der Waals surface area contributed by atoms with E-state index in [1.54, 1.807) is 6.20 Å². The second kappa shape index (κ2) is 8.90. The number of aromatic amines is 1. The highest BCUT2D eigenvalue weighted by molar-refractivity contribution is 5.93. The van der Waals surface area contributed by atoms with Crippen LogP contribution in [0.5, 0.6) is 0 Å². The van der Waals surface area contributed by atoms with Gasteiger partial charge in [0.2, 0.25) is 5.91 Å². The molecular formula is C23H25N5O2. The van der Waals surface area contributed by atoms with Crippen LogP contribution in [0.2, 0.25) is 0 Å². The Morgan fingerprint density at radius 1 is 1.23 bits per heavy atom. The number of aromatic nitrogens is 3. The van der Waals surface area contributed by atoms with E-state index in [0.29, 0.717) is 18.8 Å². The molecule has 4 rings (SSSR count). The van der Waals surface area contributed by atoms with Crippen LogP contribution in [0.3, 0.4) is 0 Å². The van der Waals surface area contributed by atoms with Crippen molar-refractivity contribution in [3.05, 3.63) is 70.8 Å². The van der Waals surface area contributed by atoms with Crippen LogP contribution < -0.4 is 15.8 Å². The van der Waals surface area contributed by atoms with Crippen molar-refractivity contribution in [1.82, 2.24) is 15.0 Å². The lowest BCUT2D eigenvalue weighted by Crippen LogP contribution is -2.41. The maximum atomic E-state index is 12.7. The molecule has 1 aromatic carbocycles. The molecule has 1 amide bonds. The summed E-state index contributed by atoms with van der Waals surface area (Å²) in [5, 5.41) is 3.00. The lowest BCUT2D eigenvalue weighted by atomic mass is 9.97. The van der Waals surface area contributed by atoms with Crippen molar-refractivity contribution >= 4 is 17.4 Å². The Kier molecular flexibility index (Phi) is 5.88. The van der Waals surface area contributed by atoms with E-state index in [2.05, 4.69) is 25.2 Å². The van der Waals surface area contributed by atoms with Gasteiger partial charge in [-0.1, -0.05) is 25.1 Å². The van der Waals surface area contributed by atoms with E-state index < -0.39 is 0 Å². The average molecular weight is 403 g/mol. The molecule has 1 unspecified atom stereocenters. The topological polar surface area (TPSA) is 91.0 Å². The number of para-hydroxylation sites is 1. The summed E-state index contributed by atoms with van der Waals surface area (Å²) in [6, 6.07) is 14.9. The summed E-state index contributed by atoms with van der Waals surface area (Å²) in [6.07, 6.45) is 4.22. The monoisotopic (exact) mass is 403 g/mol. The first-order valence-corrected chi connectivity index (χ1v) is 10.3. The van der Waals surface area contributed by atoms with Gasteiger partial charge in [-0.3, -0.25) is 9.59 Å². The van der Waals surface area contributed by atoms with Crippen molar-refractivity contribution in [2.75, 3.05) is 23.3 Å². The number of carbonyl (C=O) groups is 1. The third-order valence-corrected chi connectivity index (χ3v) is 5.34. The first-order valence-electron chi connectivity index (χ1n) is 10.3. The van der Waals surface area contributed by atoms with Crippen molar-refractivity contribution in [3.63, 3.8) is 0 Å². The highest BCUT2D eigenvalue weighted by Gasteiger charge is 2.26. The van der Waals surface area contributed by atoms with E-state index in [0.717, 1.165) is 42.1 Å². The van der Waals surface area contributed by atoms with Gasteiger partial charge in [-0.25, -0.2) is 9.97 Å². The molecule has 0 aliphatic carbocycles. The molecule has 3 aromatic rings. The molecule has 0 bridgehead atoms. The van der Waals surface area contributed by atoms with Crippen molar-refractivity contribution in [2.45, 2.75) is 26.2 Å². The third-order valence-electron chi connectivity index (χ3n) is 5.34. The van der Waals surface area contributed by atoms with Crippen LogP contribution in [-0.2, 0) is 11.2 Å². The largest absolute Gasteiger partial charge is 0.356 e. The van der Waals surface area contributed by atoms with Gasteiger partial charge in [-0.05, 0) is 43.5 Å². The highest BCUT2D eigenvalue weighted by Crippen LogP contribution is 2.24. The summed E-state index contributed by atoms with van der Waals surface area (Å²) in [6.45, 7) is 3.46. The number of nitrogens with one attached hydrogen (secondary N) is 2. The summed E-state index contributed by atoms with van der Waals surface area (Å²) < 4.78 is 0. The molecule has 1 atom stereocenters. The van der Waals surface area contributed by atoms with Crippen LogP contribution in [0.15, 0.2) is 59.5 Å². The molecule has 7 heteroatoms. The molecule has 0 spiro atoms. The van der Waals surface area contributed by atoms with Gasteiger partial charge in [0, 0.05) is 42.3 Å². The number of carbonyl (C=O) groups excluding carboxylic acids is 1. The smallest absolute Gasteiger partial charge is 0.251 e. The second-order valence-corrected chi connectivity index (χ2v) is 7.48. The highest BCUT2D eigenvalue weighted by atomic mass is 16.2. The summed E-state index contributed by atoms with van der Waals surface area (Å²) in [5.74, 6) is 1.31. The maximum absolute atomic E-state index is 12.7. The number of H-pyrrole nitrogens is 1. The van der Waals surface area contributed by atoms with Gasteiger partial charge in [0.15, 0.2) is 0 Å². The predicted octanol–water partition coefficient (Wildman–Crippen LogP) is 3.25. The van der Waals surface area contributed by atoms with Crippen molar-refractivity contribution in [2.24, 2.45) is 5.92 Å². The Morgan fingerprint density at radius 2 is 2.07 bits per heavy atom. The molecule has 2 N–H and O–H groups in total. The van der Waals surface area contributed by atoms with E-state index in [4.69, 9.17) is 0 Å². The molecule has 30 heavy (non-hydrogen) atoms. The lowest BCUT2D eigenvalue weighted by Gasteiger charge is -2.33. The van der Waals surface area contributed by atoms with Gasteiger partial charge in [-0.15, -0.1) is 0 Å². The minimum absolute atomic E-state index is 0.0423. The molecule has 7 nitrogen and oxygen atoms in total. The van der Waals surface area contributed by atoms with Crippen LogP contribution >= 0.6 is 0 Å². The predicted molar refractivity (Wildman–Crippen MR) is 117 cm³/mol. The van der Waals surface area contributed by atoms with Crippen molar-refractivity contribution in [3.8, 4) is 11.4 Å². The molecule has 1 aliphatic heterocycles. The normalized spacial score (nSPS) is 16.3. The fraction of sp³-hybridized carbons (Fsp3) is 0.304. The number of pyridine rings is 1. The maximum Gasteiger partial charge on any atom is 0.251 e. The summed E-state index contributed by atoms with van der Waals surface area (Å²) in [5.41, 5.74) is 2.17. The van der Waals surface area contributed by atoms with Crippen LogP contribution in [0.25, 0.3) is 11.4 Å². The van der Waals surface area contributed by atoms with E-state index in [1.807, 2.05) is 49.4 Å². The van der Waals surface area contributed by atoms with Crippen LogP contribution in [0.4, 0.5) is 11.5 Å². The SMILES string of the molecule is CCc1cc(=O)[nH]c(-c2ccc(N3CCCC(C(=O)Nc4ccccc4)C3)nc2)n1. The zero-order chi connectivity index (χ0) is 20.9. The number of nitrogens with zero attached hydrogens (tertiary/aromatic N) is 3. The van der Waals surface area contributed by atoms with Crippen LogP contribution in [0, 0.1) is 5.92 Å². The quantitative estimate of drug-likeness (QED) is 0.682. The third kappa shape index (κ3) is 4.56. The van der Waals surface area contributed by atoms with Crippen LogP contribution in [-0.4, -0.2) is 33.9 Å². The van der Waals surface area contributed by atoms with Gasteiger partial charge in [0.25, 0.3) is 5.56 Å². The standard InChI is InChI=1S/C23H25N5O2/c1-2-18-13-21(29)27-22(25-18)16-10-11-20(24-14-16)28-12-6-7-17(15-28)23(30)26-19-8-4-3-5-9-19/h3-5,8-11,13-14,17H,2,6-7,12,15H2,1H3,(H,26,30)(H,25,27,29).